The lowest BCUT2D eigenvalue weighted by Gasteiger charge is -2.16. The smallest absolute Gasteiger partial charge is 0.451 e. The highest BCUT2D eigenvalue weighted by molar-refractivity contribution is 5.45. The van der Waals surface area contributed by atoms with E-state index in [0.717, 1.165) is 12.1 Å². The summed E-state index contributed by atoms with van der Waals surface area (Å²) in [7, 11) is 0. The first kappa shape index (κ1) is 22.4. The van der Waals surface area contributed by atoms with Crippen LogP contribution < -0.4 is 20.5 Å². The van der Waals surface area contributed by atoms with E-state index >= 15 is 0 Å². The maximum absolute atomic E-state index is 14.4. The lowest BCUT2D eigenvalue weighted by molar-refractivity contribution is -0.145. The quantitative estimate of drug-likeness (QED) is 0.567. The summed E-state index contributed by atoms with van der Waals surface area (Å²) >= 11 is 0. The third-order valence-electron chi connectivity index (χ3n) is 4.55. The molecule has 0 spiro atoms. The summed E-state index contributed by atoms with van der Waals surface area (Å²) in [5, 5.41) is 3.15. The van der Waals surface area contributed by atoms with Crippen molar-refractivity contribution >= 4 is 5.82 Å². The number of rotatable bonds is 5. The van der Waals surface area contributed by atoms with Gasteiger partial charge in [0.1, 0.15) is 12.4 Å². The molecule has 1 aliphatic heterocycles. The average Bonchev–Trinajstić information content (AvgIpc) is 3.03. The summed E-state index contributed by atoms with van der Waals surface area (Å²) in [6, 6.07) is 3.35. The molecule has 0 bridgehead atoms. The van der Waals surface area contributed by atoms with Crippen LogP contribution in [0.3, 0.4) is 0 Å². The number of nitrogens with zero attached hydrogens (tertiary/aromatic N) is 4. The van der Waals surface area contributed by atoms with E-state index in [2.05, 4.69) is 20.3 Å². The van der Waals surface area contributed by atoms with Crippen molar-refractivity contribution in [2.45, 2.75) is 38.7 Å². The first-order valence-electron chi connectivity index (χ1n) is 9.49. The van der Waals surface area contributed by atoms with Crippen LogP contribution in [-0.2, 0) is 19.3 Å². The molecule has 0 unspecified atom stereocenters. The molecule has 0 saturated heterocycles. The van der Waals surface area contributed by atoms with Gasteiger partial charge in [-0.1, -0.05) is 0 Å². The Morgan fingerprint density at radius 3 is 2.36 bits per heavy atom. The summed E-state index contributed by atoms with van der Waals surface area (Å²) in [6.45, 7) is 3.94. The van der Waals surface area contributed by atoms with E-state index in [9.17, 15) is 26.7 Å². The number of fused-ring (bicyclic) bond motifs is 1. The van der Waals surface area contributed by atoms with E-state index in [-0.39, 0.29) is 29.3 Å². The molecule has 0 aliphatic carbocycles. The fourth-order valence-electron chi connectivity index (χ4n) is 3.18. The highest BCUT2D eigenvalue weighted by atomic mass is 19.4. The van der Waals surface area contributed by atoms with Gasteiger partial charge < -0.3 is 14.8 Å². The molecule has 0 radical (unpaired) electrons. The van der Waals surface area contributed by atoms with E-state index in [1.165, 1.54) is 10.6 Å². The monoisotopic (exact) mass is 469 g/mol. The minimum absolute atomic E-state index is 0.0282. The van der Waals surface area contributed by atoms with Crippen molar-refractivity contribution in [3.8, 4) is 17.4 Å². The normalized spacial score (nSPS) is 14.5. The Morgan fingerprint density at radius 1 is 1.12 bits per heavy atom. The molecular weight excluding hydrogens is 453 g/mol. The second kappa shape index (κ2) is 7.98. The van der Waals surface area contributed by atoms with Crippen LogP contribution in [0.25, 0.3) is 0 Å². The van der Waals surface area contributed by atoms with E-state index in [1.807, 2.05) is 13.8 Å². The Labute approximate surface area is 183 Å². The summed E-state index contributed by atoms with van der Waals surface area (Å²) in [6.07, 6.45) is -3.46. The molecule has 2 aromatic heterocycles. The Bertz CT molecular complexity index is 1240. The second-order valence-corrected chi connectivity index (χ2v) is 7.88. The Hall–Kier alpha value is -3.77. The van der Waals surface area contributed by atoms with Crippen molar-refractivity contribution in [1.29, 1.82) is 0 Å². The van der Waals surface area contributed by atoms with Crippen molar-refractivity contribution in [3.63, 3.8) is 0 Å². The number of ether oxygens (including phenoxy) is 2. The second-order valence-electron chi connectivity index (χ2n) is 7.88. The lowest BCUT2D eigenvalue weighted by Crippen LogP contribution is -2.30. The van der Waals surface area contributed by atoms with Gasteiger partial charge in [0, 0.05) is 6.07 Å². The molecule has 0 fully saturated rings. The molecule has 33 heavy (non-hydrogen) atoms. The average molecular weight is 469 g/mol. The highest BCUT2D eigenvalue weighted by Gasteiger charge is 2.34. The van der Waals surface area contributed by atoms with Crippen LogP contribution in [0.15, 0.2) is 35.4 Å². The van der Waals surface area contributed by atoms with E-state index in [4.69, 9.17) is 9.47 Å². The zero-order valence-electron chi connectivity index (χ0n) is 17.2. The van der Waals surface area contributed by atoms with Gasteiger partial charge in [0.25, 0.3) is 0 Å². The number of hydrogen-bond acceptors (Lipinski definition) is 7. The SMILES string of the molecule is CC1(C)Cn2c(cc(OCc3cc(F)c(Oc4cnc(C(F)(F)F)nc4)c(F)c3)nc2=O)N1. The molecular formula is C20H16F5N5O3. The van der Waals surface area contributed by atoms with Crippen molar-refractivity contribution in [2.75, 3.05) is 5.32 Å². The number of aromatic nitrogens is 4. The van der Waals surface area contributed by atoms with Crippen molar-refractivity contribution in [1.82, 2.24) is 19.5 Å². The van der Waals surface area contributed by atoms with Gasteiger partial charge in [-0.2, -0.15) is 18.2 Å². The fraction of sp³-hybridized carbons (Fsp3) is 0.300. The van der Waals surface area contributed by atoms with Gasteiger partial charge in [0.05, 0.1) is 24.5 Å². The van der Waals surface area contributed by atoms with Gasteiger partial charge in [-0.3, -0.25) is 4.57 Å². The van der Waals surface area contributed by atoms with Crippen LogP contribution in [0.2, 0.25) is 0 Å². The van der Waals surface area contributed by atoms with Crippen LogP contribution in [0.4, 0.5) is 27.8 Å². The van der Waals surface area contributed by atoms with Crippen LogP contribution in [0.1, 0.15) is 25.2 Å². The number of anilines is 1. The Balaban J connectivity index is 1.47. The Morgan fingerprint density at radius 2 is 1.76 bits per heavy atom. The summed E-state index contributed by atoms with van der Waals surface area (Å²) in [5.74, 6) is -4.42. The zero-order chi connectivity index (χ0) is 24.0. The standard InChI is InChI=1S/C20H16F5N5O3/c1-19(2)9-30-14(29-19)5-15(28-18(30)31)32-8-10-3-12(21)16(13(22)4-10)33-11-6-26-17(27-7-11)20(23,24)25/h3-7,29H,8-9H2,1-2H3. The molecule has 0 atom stereocenters. The summed E-state index contributed by atoms with van der Waals surface area (Å²) < 4.78 is 78.2. The topological polar surface area (TPSA) is 91.2 Å². The van der Waals surface area contributed by atoms with E-state index in [1.54, 1.807) is 0 Å². The summed E-state index contributed by atoms with van der Waals surface area (Å²) in [5.41, 5.74) is -0.802. The number of halogens is 5. The Kier molecular flexibility index (Phi) is 5.42. The minimum Gasteiger partial charge on any atom is -0.473 e. The van der Waals surface area contributed by atoms with Gasteiger partial charge in [0.15, 0.2) is 23.1 Å². The first-order valence-corrected chi connectivity index (χ1v) is 9.49. The molecule has 3 heterocycles. The highest BCUT2D eigenvalue weighted by Crippen LogP contribution is 2.31. The number of nitrogens with one attached hydrogen (secondary N) is 1. The van der Waals surface area contributed by atoms with Crippen molar-refractivity contribution in [2.24, 2.45) is 0 Å². The molecule has 13 heteroatoms. The van der Waals surface area contributed by atoms with Gasteiger partial charge in [-0.15, -0.1) is 0 Å². The van der Waals surface area contributed by atoms with Crippen LogP contribution in [0, 0.1) is 11.6 Å². The third-order valence-corrected chi connectivity index (χ3v) is 4.55. The molecule has 8 nitrogen and oxygen atoms in total. The zero-order valence-corrected chi connectivity index (χ0v) is 17.2. The van der Waals surface area contributed by atoms with Crippen LogP contribution in [0.5, 0.6) is 17.4 Å². The number of hydrogen-bond donors (Lipinski definition) is 1. The largest absolute Gasteiger partial charge is 0.473 e. The molecule has 4 rings (SSSR count). The maximum atomic E-state index is 14.4. The number of alkyl halides is 3. The third kappa shape index (κ3) is 4.86. The first-order chi connectivity index (χ1) is 15.4. The van der Waals surface area contributed by atoms with Gasteiger partial charge in [0.2, 0.25) is 11.7 Å². The molecule has 0 amide bonds. The minimum atomic E-state index is -4.76. The van der Waals surface area contributed by atoms with Crippen LogP contribution >= 0.6 is 0 Å². The van der Waals surface area contributed by atoms with E-state index < -0.39 is 35.1 Å². The lowest BCUT2D eigenvalue weighted by atomic mass is 10.1. The van der Waals surface area contributed by atoms with Gasteiger partial charge >= 0.3 is 11.9 Å². The van der Waals surface area contributed by atoms with Crippen molar-refractivity contribution in [3.05, 3.63) is 64.1 Å². The molecule has 174 valence electrons. The fourth-order valence-corrected chi connectivity index (χ4v) is 3.18. The predicted octanol–water partition coefficient (Wildman–Crippen LogP) is 3.91. The predicted molar refractivity (Wildman–Crippen MR) is 104 cm³/mol. The number of benzene rings is 1. The molecule has 0 saturated carbocycles. The van der Waals surface area contributed by atoms with E-state index in [0.29, 0.717) is 24.8 Å². The molecule has 1 N–H and O–H groups in total. The molecule has 1 aromatic carbocycles. The molecule has 1 aliphatic rings. The molecule has 3 aromatic rings. The van der Waals surface area contributed by atoms with Gasteiger partial charge in [-0.25, -0.2) is 23.5 Å². The summed E-state index contributed by atoms with van der Waals surface area (Å²) in [4.78, 5) is 22.1. The van der Waals surface area contributed by atoms with Gasteiger partial charge in [-0.05, 0) is 31.5 Å². The van der Waals surface area contributed by atoms with Crippen LogP contribution in [-0.4, -0.2) is 25.1 Å². The maximum Gasteiger partial charge on any atom is 0.451 e. The van der Waals surface area contributed by atoms with Crippen molar-refractivity contribution < 1.29 is 31.4 Å².